The van der Waals surface area contributed by atoms with Crippen LogP contribution in [-0.2, 0) is 12.0 Å². The first kappa shape index (κ1) is 10.2. The van der Waals surface area contributed by atoms with Gasteiger partial charge in [0.1, 0.15) is 0 Å². The van der Waals surface area contributed by atoms with Crippen LogP contribution in [0, 0.1) is 5.92 Å². The van der Waals surface area contributed by atoms with E-state index in [1.807, 2.05) is 10.9 Å². The third-order valence-corrected chi connectivity index (χ3v) is 1.86. The molecule has 3 nitrogen and oxygen atoms in total. The zero-order valence-electron chi connectivity index (χ0n) is 9.20. The van der Waals surface area contributed by atoms with E-state index in [9.17, 15) is 0 Å². The second kappa shape index (κ2) is 3.48. The standard InChI is InChI=1S/C10H19N3/c1-8(2)6-13-7-9(11-12-13)10(3,4)5/h7-8H,6H2,1-5H3. The van der Waals surface area contributed by atoms with Crippen LogP contribution in [0.4, 0.5) is 0 Å². The van der Waals surface area contributed by atoms with E-state index in [1.165, 1.54) is 0 Å². The van der Waals surface area contributed by atoms with Gasteiger partial charge in [0.15, 0.2) is 0 Å². The molecule has 0 atom stereocenters. The molecule has 13 heavy (non-hydrogen) atoms. The summed E-state index contributed by atoms with van der Waals surface area (Å²) in [6.45, 7) is 11.8. The maximum Gasteiger partial charge on any atom is 0.0880 e. The topological polar surface area (TPSA) is 30.7 Å². The third-order valence-electron chi connectivity index (χ3n) is 1.86. The van der Waals surface area contributed by atoms with Crippen LogP contribution in [0.5, 0.6) is 0 Å². The first-order valence-corrected chi connectivity index (χ1v) is 4.80. The Hall–Kier alpha value is -0.860. The van der Waals surface area contributed by atoms with Gasteiger partial charge >= 0.3 is 0 Å². The van der Waals surface area contributed by atoms with Gasteiger partial charge in [-0.1, -0.05) is 39.8 Å². The molecule has 0 bridgehead atoms. The van der Waals surface area contributed by atoms with Crippen molar-refractivity contribution < 1.29 is 0 Å². The Morgan fingerprint density at radius 3 is 2.38 bits per heavy atom. The number of aromatic nitrogens is 3. The second-order valence-corrected chi connectivity index (χ2v) is 4.97. The van der Waals surface area contributed by atoms with Gasteiger partial charge in [0.05, 0.1) is 5.69 Å². The van der Waals surface area contributed by atoms with Crippen molar-refractivity contribution in [3.05, 3.63) is 11.9 Å². The maximum atomic E-state index is 4.15. The Balaban J connectivity index is 2.75. The number of hydrogen-bond donors (Lipinski definition) is 0. The summed E-state index contributed by atoms with van der Waals surface area (Å²) in [6, 6.07) is 0. The number of rotatable bonds is 2. The molecule has 0 saturated carbocycles. The van der Waals surface area contributed by atoms with Crippen molar-refractivity contribution in [2.24, 2.45) is 5.92 Å². The lowest BCUT2D eigenvalue weighted by molar-refractivity contribution is 0.472. The first-order valence-electron chi connectivity index (χ1n) is 4.80. The van der Waals surface area contributed by atoms with E-state index >= 15 is 0 Å². The highest BCUT2D eigenvalue weighted by Gasteiger charge is 2.17. The molecule has 0 spiro atoms. The fourth-order valence-corrected chi connectivity index (χ4v) is 1.11. The fourth-order valence-electron chi connectivity index (χ4n) is 1.11. The molecule has 74 valence electrons. The molecule has 1 rings (SSSR count). The van der Waals surface area contributed by atoms with Crippen LogP contribution in [0.3, 0.4) is 0 Å². The lowest BCUT2D eigenvalue weighted by atomic mass is 9.93. The van der Waals surface area contributed by atoms with Crippen molar-refractivity contribution in [1.29, 1.82) is 0 Å². The summed E-state index contributed by atoms with van der Waals surface area (Å²) in [5.41, 5.74) is 1.17. The van der Waals surface area contributed by atoms with Crippen LogP contribution in [0.25, 0.3) is 0 Å². The van der Waals surface area contributed by atoms with Crippen LogP contribution >= 0.6 is 0 Å². The predicted octanol–water partition coefficient (Wildman–Crippen LogP) is 2.23. The average molecular weight is 181 g/mol. The molecule has 1 aromatic heterocycles. The molecule has 0 fully saturated rings. The molecule has 0 aliphatic heterocycles. The Bertz CT molecular complexity index is 268. The Kier molecular flexibility index (Phi) is 2.74. The monoisotopic (exact) mass is 181 g/mol. The largest absolute Gasteiger partial charge is 0.252 e. The van der Waals surface area contributed by atoms with Crippen molar-refractivity contribution in [2.45, 2.75) is 46.6 Å². The highest BCUT2D eigenvalue weighted by atomic mass is 15.4. The molecule has 0 N–H and O–H groups in total. The van der Waals surface area contributed by atoms with Crippen molar-refractivity contribution in [3.8, 4) is 0 Å². The smallest absolute Gasteiger partial charge is 0.0880 e. The van der Waals surface area contributed by atoms with Crippen molar-refractivity contribution >= 4 is 0 Å². The van der Waals surface area contributed by atoms with Gasteiger partial charge in [-0.2, -0.15) is 0 Å². The quantitative estimate of drug-likeness (QED) is 0.700. The highest BCUT2D eigenvalue weighted by Crippen LogP contribution is 2.18. The molecule has 0 aliphatic rings. The van der Waals surface area contributed by atoms with Gasteiger partial charge < -0.3 is 0 Å². The molecule has 0 unspecified atom stereocenters. The SMILES string of the molecule is CC(C)Cn1cc(C(C)(C)C)nn1. The first-order chi connectivity index (χ1) is 5.89. The van der Waals surface area contributed by atoms with Gasteiger partial charge in [0.2, 0.25) is 0 Å². The van der Waals surface area contributed by atoms with Gasteiger partial charge in [-0.05, 0) is 5.92 Å². The summed E-state index contributed by atoms with van der Waals surface area (Å²) in [7, 11) is 0. The van der Waals surface area contributed by atoms with E-state index in [1.54, 1.807) is 0 Å². The van der Waals surface area contributed by atoms with E-state index in [0.717, 1.165) is 12.2 Å². The summed E-state index contributed by atoms with van der Waals surface area (Å²) in [4.78, 5) is 0. The normalized spacial score (nSPS) is 12.5. The zero-order valence-corrected chi connectivity index (χ0v) is 9.20. The summed E-state index contributed by atoms with van der Waals surface area (Å²) in [5.74, 6) is 0.620. The van der Waals surface area contributed by atoms with E-state index < -0.39 is 0 Å². The van der Waals surface area contributed by atoms with Gasteiger partial charge in [-0.15, -0.1) is 5.10 Å². The Labute approximate surface area is 80.1 Å². The van der Waals surface area contributed by atoms with Gasteiger partial charge in [-0.3, -0.25) is 4.68 Å². The molecule has 0 amide bonds. The van der Waals surface area contributed by atoms with Crippen LogP contribution in [0.2, 0.25) is 0 Å². The predicted molar refractivity (Wildman–Crippen MR) is 53.6 cm³/mol. The van der Waals surface area contributed by atoms with Crippen LogP contribution in [-0.4, -0.2) is 15.0 Å². The van der Waals surface area contributed by atoms with Crippen molar-refractivity contribution in [2.75, 3.05) is 0 Å². The average Bonchev–Trinajstić information content (AvgIpc) is 2.32. The van der Waals surface area contributed by atoms with Gasteiger partial charge in [0, 0.05) is 18.2 Å². The van der Waals surface area contributed by atoms with Crippen LogP contribution in [0.1, 0.15) is 40.3 Å². The van der Waals surface area contributed by atoms with E-state index in [0.29, 0.717) is 5.92 Å². The third kappa shape index (κ3) is 2.83. The molecule has 0 saturated heterocycles. The summed E-state index contributed by atoms with van der Waals surface area (Å²) in [6.07, 6.45) is 2.04. The highest BCUT2D eigenvalue weighted by molar-refractivity contribution is 5.06. The van der Waals surface area contributed by atoms with Crippen LogP contribution < -0.4 is 0 Å². The summed E-state index contributed by atoms with van der Waals surface area (Å²) >= 11 is 0. The van der Waals surface area contributed by atoms with E-state index in [2.05, 4.69) is 44.9 Å². The molecule has 1 heterocycles. The zero-order chi connectivity index (χ0) is 10.1. The molecule has 0 aromatic carbocycles. The van der Waals surface area contributed by atoms with Gasteiger partial charge in [-0.25, -0.2) is 0 Å². The van der Waals surface area contributed by atoms with Crippen molar-refractivity contribution in [1.82, 2.24) is 15.0 Å². The summed E-state index contributed by atoms with van der Waals surface area (Å²) < 4.78 is 1.92. The maximum absolute atomic E-state index is 4.15. The number of nitrogens with zero attached hydrogens (tertiary/aromatic N) is 3. The van der Waals surface area contributed by atoms with Gasteiger partial charge in [0.25, 0.3) is 0 Å². The van der Waals surface area contributed by atoms with Crippen molar-refractivity contribution in [3.63, 3.8) is 0 Å². The molecule has 1 aromatic rings. The van der Waals surface area contributed by atoms with E-state index in [-0.39, 0.29) is 5.41 Å². The molecule has 0 aliphatic carbocycles. The lowest BCUT2D eigenvalue weighted by Gasteiger charge is -2.13. The Morgan fingerprint density at radius 2 is 2.00 bits per heavy atom. The van der Waals surface area contributed by atoms with E-state index in [4.69, 9.17) is 0 Å². The van der Waals surface area contributed by atoms with Crippen LogP contribution in [0.15, 0.2) is 6.20 Å². The molecular weight excluding hydrogens is 162 g/mol. The number of hydrogen-bond acceptors (Lipinski definition) is 2. The molecule has 3 heteroatoms. The molecular formula is C10H19N3. The summed E-state index contributed by atoms with van der Waals surface area (Å²) in [5, 5.41) is 8.24. The second-order valence-electron chi connectivity index (χ2n) is 4.97. The minimum Gasteiger partial charge on any atom is -0.252 e. The minimum absolute atomic E-state index is 0.106. The Morgan fingerprint density at radius 1 is 1.38 bits per heavy atom. The fraction of sp³-hybridized carbons (Fsp3) is 0.800. The minimum atomic E-state index is 0.106. The lowest BCUT2D eigenvalue weighted by Crippen LogP contribution is -2.11. The molecule has 0 radical (unpaired) electrons.